The van der Waals surface area contributed by atoms with Gasteiger partial charge in [-0.05, 0) is 25.5 Å². The minimum absolute atomic E-state index is 0.0959. The molecule has 7 heteroatoms. The number of carbonyl (C=O) groups is 2. The van der Waals surface area contributed by atoms with Crippen LogP contribution in [0.15, 0.2) is 24.3 Å². The Morgan fingerprint density at radius 3 is 2.88 bits per heavy atom. The van der Waals surface area contributed by atoms with Gasteiger partial charge in [0.15, 0.2) is 0 Å². The second-order valence-electron chi connectivity index (χ2n) is 5.84. The molecular formula is C17H24ClN3O3. The summed E-state index contributed by atoms with van der Waals surface area (Å²) in [4.78, 5) is 27.2. The number of hydrogen-bond acceptors (Lipinski definition) is 3. The molecule has 1 aliphatic rings. The highest BCUT2D eigenvalue weighted by Gasteiger charge is 2.29. The summed E-state index contributed by atoms with van der Waals surface area (Å²) in [6.45, 7) is 4.25. The number of likely N-dealkylation sites (tertiary alicyclic amines) is 1. The van der Waals surface area contributed by atoms with Gasteiger partial charge in [-0.15, -0.1) is 0 Å². The van der Waals surface area contributed by atoms with Crippen LogP contribution in [0.5, 0.6) is 5.75 Å². The third kappa shape index (κ3) is 5.03. The summed E-state index contributed by atoms with van der Waals surface area (Å²) in [5.41, 5.74) is 0. The molecule has 1 atom stereocenters. The summed E-state index contributed by atoms with van der Waals surface area (Å²) in [6, 6.07) is 7.04. The molecule has 1 heterocycles. The van der Waals surface area contributed by atoms with E-state index in [9.17, 15) is 9.59 Å². The highest BCUT2D eigenvalue weighted by atomic mass is 35.5. The van der Waals surface area contributed by atoms with E-state index >= 15 is 0 Å². The standard InChI is InChI=1S/C17H24ClN3O3/c1-3-21-12-13(11-16(21)22)19-17(23)20(2)9-6-10-24-15-8-5-4-7-14(15)18/h4-5,7-8,13H,3,6,9-12H2,1-2H3,(H,19,23). The minimum atomic E-state index is -0.163. The fourth-order valence-electron chi connectivity index (χ4n) is 2.61. The van der Waals surface area contributed by atoms with Crippen LogP contribution in [-0.2, 0) is 4.79 Å². The molecule has 0 aliphatic carbocycles. The maximum absolute atomic E-state index is 12.1. The zero-order valence-corrected chi connectivity index (χ0v) is 14.9. The molecule has 1 fully saturated rings. The van der Waals surface area contributed by atoms with Crippen LogP contribution in [0, 0.1) is 0 Å². The first-order valence-electron chi connectivity index (χ1n) is 8.18. The molecule has 1 unspecified atom stereocenters. The van der Waals surface area contributed by atoms with Crippen molar-refractivity contribution < 1.29 is 14.3 Å². The first kappa shape index (κ1) is 18.4. The van der Waals surface area contributed by atoms with Crippen LogP contribution in [0.3, 0.4) is 0 Å². The largest absolute Gasteiger partial charge is 0.492 e. The van der Waals surface area contributed by atoms with E-state index in [4.69, 9.17) is 16.3 Å². The average Bonchev–Trinajstić information content (AvgIpc) is 2.92. The SMILES string of the molecule is CCN1CC(NC(=O)N(C)CCCOc2ccccc2Cl)CC1=O. The number of benzene rings is 1. The number of para-hydroxylation sites is 1. The van der Waals surface area contributed by atoms with Crippen molar-refractivity contribution in [2.75, 3.05) is 33.3 Å². The van der Waals surface area contributed by atoms with Gasteiger partial charge in [0.1, 0.15) is 5.75 Å². The Hall–Kier alpha value is -1.95. The molecule has 132 valence electrons. The van der Waals surface area contributed by atoms with E-state index < -0.39 is 0 Å². The molecule has 1 saturated heterocycles. The van der Waals surface area contributed by atoms with Crippen molar-refractivity contribution in [1.82, 2.24) is 15.1 Å². The van der Waals surface area contributed by atoms with Crippen molar-refractivity contribution in [2.24, 2.45) is 0 Å². The summed E-state index contributed by atoms with van der Waals surface area (Å²) in [7, 11) is 1.74. The second-order valence-corrected chi connectivity index (χ2v) is 6.24. The van der Waals surface area contributed by atoms with Gasteiger partial charge in [-0.3, -0.25) is 4.79 Å². The normalized spacial score (nSPS) is 17.0. The molecule has 1 N–H and O–H groups in total. The van der Waals surface area contributed by atoms with Gasteiger partial charge < -0.3 is 19.9 Å². The van der Waals surface area contributed by atoms with Gasteiger partial charge in [0.25, 0.3) is 0 Å². The number of rotatable bonds is 7. The maximum atomic E-state index is 12.1. The van der Waals surface area contributed by atoms with Crippen LogP contribution in [0.25, 0.3) is 0 Å². The van der Waals surface area contributed by atoms with Crippen molar-refractivity contribution in [3.8, 4) is 5.75 Å². The molecule has 0 spiro atoms. The third-order valence-corrected chi connectivity index (χ3v) is 4.31. The number of likely N-dealkylation sites (N-methyl/N-ethyl adjacent to an activating group) is 1. The van der Waals surface area contributed by atoms with Crippen molar-refractivity contribution in [2.45, 2.75) is 25.8 Å². The number of hydrogen-bond donors (Lipinski definition) is 1. The Morgan fingerprint density at radius 2 is 2.21 bits per heavy atom. The van der Waals surface area contributed by atoms with Crippen LogP contribution >= 0.6 is 11.6 Å². The number of halogens is 1. The first-order valence-corrected chi connectivity index (χ1v) is 8.55. The lowest BCUT2D eigenvalue weighted by molar-refractivity contribution is -0.127. The number of urea groups is 1. The smallest absolute Gasteiger partial charge is 0.317 e. The monoisotopic (exact) mass is 353 g/mol. The number of carbonyl (C=O) groups excluding carboxylic acids is 2. The van der Waals surface area contributed by atoms with Crippen molar-refractivity contribution in [3.63, 3.8) is 0 Å². The van der Waals surface area contributed by atoms with Crippen molar-refractivity contribution in [1.29, 1.82) is 0 Å². The lowest BCUT2D eigenvalue weighted by atomic mass is 10.2. The van der Waals surface area contributed by atoms with E-state index in [1.807, 2.05) is 25.1 Å². The molecular weight excluding hydrogens is 330 g/mol. The molecule has 0 bridgehead atoms. The molecule has 6 nitrogen and oxygen atoms in total. The fraction of sp³-hybridized carbons (Fsp3) is 0.529. The maximum Gasteiger partial charge on any atom is 0.317 e. The van der Waals surface area contributed by atoms with Gasteiger partial charge in [-0.1, -0.05) is 23.7 Å². The summed E-state index contributed by atoms with van der Waals surface area (Å²) in [6.07, 6.45) is 1.07. The summed E-state index contributed by atoms with van der Waals surface area (Å²) >= 11 is 6.02. The van der Waals surface area contributed by atoms with Crippen molar-refractivity contribution in [3.05, 3.63) is 29.3 Å². The predicted octanol–water partition coefficient (Wildman–Crippen LogP) is 2.37. The Balaban J connectivity index is 1.67. The van der Waals surface area contributed by atoms with E-state index in [0.29, 0.717) is 49.9 Å². The Bertz CT molecular complexity index is 582. The fourth-order valence-corrected chi connectivity index (χ4v) is 2.80. The molecule has 0 aromatic heterocycles. The van der Waals surface area contributed by atoms with E-state index in [1.54, 1.807) is 22.9 Å². The van der Waals surface area contributed by atoms with Crippen LogP contribution in [-0.4, -0.2) is 61.1 Å². The molecule has 3 amide bonds. The highest BCUT2D eigenvalue weighted by Crippen LogP contribution is 2.23. The summed E-state index contributed by atoms with van der Waals surface area (Å²) < 4.78 is 5.60. The van der Waals surface area contributed by atoms with Crippen LogP contribution < -0.4 is 10.1 Å². The Morgan fingerprint density at radius 1 is 1.46 bits per heavy atom. The Labute approximate surface area is 147 Å². The zero-order valence-electron chi connectivity index (χ0n) is 14.1. The molecule has 2 rings (SSSR count). The number of amides is 3. The number of nitrogens with zero attached hydrogens (tertiary/aromatic N) is 2. The average molecular weight is 354 g/mol. The van der Waals surface area contributed by atoms with Crippen molar-refractivity contribution >= 4 is 23.5 Å². The predicted molar refractivity (Wildman–Crippen MR) is 93.4 cm³/mol. The lowest BCUT2D eigenvalue weighted by Gasteiger charge is -2.21. The molecule has 1 aromatic carbocycles. The highest BCUT2D eigenvalue weighted by molar-refractivity contribution is 6.32. The van der Waals surface area contributed by atoms with Gasteiger partial charge in [-0.2, -0.15) is 0 Å². The quantitative estimate of drug-likeness (QED) is 0.765. The minimum Gasteiger partial charge on any atom is -0.492 e. The lowest BCUT2D eigenvalue weighted by Crippen LogP contribution is -2.44. The van der Waals surface area contributed by atoms with Crippen LogP contribution in [0.1, 0.15) is 19.8 Å². The molecule has 0 saturated carbocycles. The van der Waals surface area contributed by atoms with E-state index in [1.165, 1.54) is 0 Å². The second kappa shape index (κ2) is 8.78. The van der Waals surface area contributed by atoms with Gasteiger partial charge in [0.2, 0.25) is 5.91 Å². The van der Waals surface area contributed by atoms with E-state index in [2.05, 4.69) is 5.32 Å². The molecule has 0 radical (unpaired) electrons. The summed E-state index contributed by atoms with van der Waals surface area (Å²) in [5.74, 6) is 0.744. The third-order valence-electron chi connectivity index (χ3n) is 4.00. The van der Waals surface area contributed by atoms with Crippen LogP contribution in [0.2, 0.25) is 5.02 Å². The molecule has 1 aromatic rings. The first-order chi connectivity index (χ1) is 11.5. The molecule has 1 aliphatic heterocycles. The van der Waals surface area contributed by atoms with Gasteiger partial charge in [-0.25, -0.2) is 4.79 Å². The number of nitrogens with one attached hydrogen (secondary N) is 1. The number of ether oxygens (including phenoxy) is 1. The summed E-state index contributed by atoms with van der Waals surface area (Å²) in [5, 5.41) is 3.48. The van der Waals surface area contributed by atoms with E-state index in [-0.39, 0.29) is 18.0 Å². The van der Waals surface area contributed by atoms with Gasteiger partial charge in [0.05, 0.1) is 17.7 Å². The Kier molecular flexibility index (Phi) is 6.73. The zero-order chi connectivity index (χ0) is 17.5. The van der Waals surface area contributed by atoms with Gasteiger partial charge >= 0.3 is 6.03 Å². The van der Waals surface area contributed by atoms with Gasteiger partial charge in [0, 0.05) is 33.1 Å². The topological polar surface area (TPSA) is 61.9 Å². The van der Waals surface area contributed by atoms with Crippen LogP contribution in [0.4, 0.5) is 4.79 Å². The van der Waals surface area contributed by atoms with E-state index in [0.717, 1.165) is 0 Å². The molecule has 24 heavy (non-hydrogen) atoms.